The summed E-state index contributed by atoms with van der Waals surface area (Å²) in [5.41, 5.74) is 1.64. The molecule has 3 aromatic rings. The highest BCUT2D eigenvalue weighted by Crippen LogP contribution is 2.38. The van der Waals surface area contributed by atoms with Gasteiger partial charge >= 0.3 is 0 Å². The van der Waals surface area contributed by atoms with E-state index >= 15 is 0 Å². The molecule has 1 fully saturated rings. The van der Waals surface area contributed by atoms with Crippen molar-refractivity contribution < 1.29 is 9.59 Å². The van der Waals surface area contributed by atoms with Crippen LogP contribution in [0, 0.1) is 5.41 Å². The van der Waals surface area contributed by atoms with Crippen LogP contribution < -0.4 is 10.6 Å². The van der Waals surface area contributed by atoms with Crippen LogP contribution in [0.4, 0.5) is 0 Å². The molecular weight excluding hydrogens is 444 g/mol. The number of nitrogens with one attached hydrogen (secondary N) is 2. The smallest absolute Gasteiger partial charge is 0.246 e. The van der Waals surface area contributed by atoms with E-state index in [-0.39, 0.29) is 23.9 Å². The summed E-state index contributed by atoms with van der Waals surface area (Å²) in [5.74, 6) is -0.201. The molecule has 1 saturated heterocycles. The predicted molar refractivity (Wildman–Crippen MR) is 139 cm³/mol. The fraction of sp³-hybridized carbons (Fsp3) is 0.444. The summed E-state index contributed by atoms with van der Waals surface area (Å²) in [5, 5.41) is 11.4. The van der Waals surface area contributed by atoms with Gasteiger partial charge in [0, 0.05) is 17.5 Å². The maximum atomic E-state index is 13.7. The molecule has 1 aromatic heterocycles. The van der Waals surface area contributed by atoms with E-state index in [0.717, 1.165) is 29.1 Å². The topological polar surface area (TPSA) is 74.3 Å². The molecule has 2 amide bonds. The van der Waals surface area contributed by atoms with Crippen molar-refractivity contribution in [2.75, 3.05) is 13.6 Å². The fourth-order valence-electron chi connectivity index (χ4n) is 4.51. The molecule has 180 valence electrons. The third kappa shape index (κ3) is 4.86. The van der Waals surface area contributed by atoms with E-state index in [4.69, 9.17) is 4.98 Å². The van der Waals surface area contributed by atoms with E-state index in [2.05, 4.69) is 46.3 Å². The second-order valence-electron chi connectivity index (χ2n) is 10.1. The number of likely N-dealkylation sites (N-methyl/N-ethyl adjacent to an activating group) is 1. The van der Waals surface area contributed by atoms with Crippen LogP contribution in [-0.4, -0.2) is 47.4 Å². The molecular formula is C27H34N4O2S. The average molecular weight is 479 g/mol. The summed E-state index contributed by atoms with van der Waals surface area (Å²) in [4.78, 5) is 33.3. The van der Waals surface area contributed by atoms with Crippen LogP contribution in [0.15, 0.2) is 47.8 Å². The van der Waals surface area contributed by atoms with Gasteiger partial charge in [-0.15, -0.1) is 11.3 Å². The number of likely N-dealkylation sites (tertiary alicyclic amines) is 1. The standard InChI is InChI=1S/C27H34N4O2S/c1-17(28-5)24(32)30-23(27(2,3)4)26(33)31-15-9-14-22(31)25-29-21(16-34-25)20-13-8-11-18-10-6-7-12-19(18)20/h6-8,10-13,16-17,22-23,28H,9,14-15H2,1-5H3,(H,30,32)/t17-,22-,23+/m0/s1. The summed E-state index contributed by atoms with van der Waals surface area (Å²) in [6.45, 7) is 8.45. The van der Waals surface area contributed by atoms with Crippen molar-refractivity contribution in [3.05, 3.63) is 52.9 Å². The molecule has 0 aliphatic carbocycles. The average Bonchev–Trinajstić information content (AvgIpc) is 3.50. The van der Waals surface area contributed by atoms with Crippen LogP contribution in [0.2, 0.25) is 0 Å². The molecule has 7 heteroatoms. The van der Waals surface area contributed by atoms with Crippen LogP contribution in [0.25, 0.3) is 22.0 Å². The van der Waals surface area contributed by atoms with E-state index in [1.807, 2.05) is 37.8 Å². The zero-order valence-corrected chi connectivity index (χ0v) is 21.4. The lowest BCUT2D eigenvalue weighted by molar-refractivity contribution is -0.140. The van der Waals surface area contributed by atoms with Crippen molar-refractivity contribution in [2.24, 2.45) is 5.41 Å². The molecule has 0 unspecified atom stereocenters. The largest absolute Gasteiger partial charge is 0.342 e. The van der Waals surface area contributed by atoms with Gasteiger partial charge in [0.05, 0.1) is 17.8 Å². The lowest BCUT2D eigenvalue weighted by Gasteiger charge is -2.35. The molecule has 1 aliphatic heterocycles. The third-order valence-corrected chi connectivity index (χ3v) is 7.58. The monoisotopic (exact) mass is 478 g/mol. The molecule has 0 bridgehead atoms. The first-order valence-corrected chi connectivity index (χ1v) is 12.8. The number of amides is 2. The normalized spacial score (nSPS) is 18.1. The highest BCUT2D eigenvalue weighted by molar-refractivity contribution is 7.10. The minimum absolute atomic E-state index is 0.0337. The van der Waals surface area contributed by atoms with Crippen LogP contribution >= 0.6 is 11.3 Å². The number of benzene rings is 2. The minimum atomic E-state index is -0.603. The Bertz CT molecular complexity index is 1180. The van der Waals surface area contributed by atoms with Gasteiger partial charge in [0.15, 0.2) is 0 Å². The van der Waals surface area contributed by atoms with Crippen molar-refractivity contribution in [3.63, 3.8) is 0 Å². The molecule has 3 atom stereocenters. The second kappa shape index (κ2) is 9.84. The number of fused-ring (bicyclic) bond motifs is 1. The summed E-state index contributed by atoms with van der Waals surface area (Å²) in [6.07, 6.45) is 1.81. The van der Waals surface area contributed by atoms with E-state index < -0.39 is 11.5 Å². The molecule has 1 aliphatic rings. The van der Waals surface area contributed by atoms with E-state index in [0.29, 0.717) is 6.54 Å². The Morgan fingerprint density at radius 2 is 1.88 bits per heavy atom. The van der Waals surface area contributed by atoms with Crippen LogP contribution in [0.5, 0.6) is 0 Å². The summed E-state index contributed by atoms with van der Waals surface area (Å²) in [7, 11) is 1.74. The van der Waals surface area contributed by atoms with Gasteiger partial charge in [0.1, 0.15) is 11.0 Å². The van der Waals surface area contributed by atoms with Gasteiger partial charge in [-0.25, -0.2) is 4.98 Å². The minimum Gasteiger partial charge on any atom is -0.342 e. The first-order valence-electron chi connectivity index (χ1n) is 11.9. The van der Waals surface area contributed by atoms with Gasteiger partial charge in [-0.1, -0.05) is 63.2 Å². The van der Waals surface area contributed by atoms with Crippen molar-refractivity contribution in [3.8, 4) is 11.3 Å². The van der Waals surface area contributed by atoms with Gasteiger partial charge in [0.25, 0.3) is 0 Å². The zero-order chi connectivity index (χ0) is 24.5. The van der Waals surface area contributed by atoms with Crippen LogP contribution in [0.1, 0.15) is 51.6 Å². The van der Waals surface area contributed by atoms with Crippen LogP contribution in [0.3, 0.4) is 0 Å². The van der Waals surface area contributed by atoms with Crippen molar-refractivity contribution in [1.29, 1.82) is 0 Å². The second-order valence-corrected chi connectivity index (χ2v) is 11.0. The Morgan fingerprint density at radius 1 is 1.15 bits per heavy atom. The Balaban J connectivity index is 1.60. The van der Waals surface area contributed by atoms with Gasteiger partial charge in [-0.05, 0) is 43.0 Å². The molecule has 6 nitrogen and oxygen atoms in total. The molecule has 2 N–H and O–H groups in total. The first kappa shape index (κ1) is 24.4. The van der Waals surface area contributed by atoms with E-state index in [9.17, 15) is 9.59 Å². The first-order chi connectivity index (χ1) is 16.2. The van der Waals surface area contributed by atoms with Gasteiger partial charge in [-0.2, -0.15) is 0 Å². The quantitative estimate of drug-likeness (QED) is 0.535. The number of aromatic nitrogens is 1. The Morgan fingerprint density at radius 3 is 2.62 bits per heavy atom. The molecule has 0 saturated carbocycles. The number of hydrogen-bond donors (Lipinski definition) is 2. The summed E-state index contributed by atoms with van der Waals surface area (Å²) < 4.78 is 0. The fourth-order valence-corrected chi connectivity index (χ4v) is 5.48. The van der Waals surface area contributed by atoms with Crippen molar-refractivity contribution in [1.82, 2.24) is 20.5 Å². The highest BCUT2D eigenvalue weighted by atomic mass is 32.1. The lowest BCUT2D eigenvalue weighted by atomic mass is 9.85. The number of nitrogens with zero attached hydrogens (tertiary/aromatic N) is 2. The van der Waals surface area contributed by atoms with Crippen LogP contribution in [-0.2, 0) is 9.59 Å². The molecule has 2 aromatic carbocycles. The molecule has 34 heavy (non-hydrogen) atoms. The van der Waals surface area contributed by atoms with Crippen molar-refractivity contribution >= 4 is 33.9 Å². The summed E-state index contributed by atoms with van der Waals surface area (Å²) >= 11 is 1.61. The summed E-state index contributed by atoms with van der Waals surface area (Å²) in [6, 6.07) is 13.6. The van der Waals surface area contributed by atoms with Crippen molar-refractivity contribution in [2.45, 2.75) is 58.7 Å². The number of carbonyl (C=O) groups is 2. The SMILES string of the molecule is CN[C@@H](C)C(=O)N[C@H](C(=O)N1CCC[C@H]1c1nc(-c2cccc3ccccc23)cs1)C(C)(C)C. The number of carbonyl (C=O) groups excluding carboxylic acids is 2. The van der Waals surface area contributed by atoms with Gasteiger partial charge < -0.3 is 15.5 Å². The predicted octanol–water partition coefficient (Wildman–Crippen LogP) is 4.77. The van der Waals surface area contributed by atoms with Gasteiger partial charge in [0.2, 0.25) is 11.8 Å². The third-order valence-electron chi connectivity index (χ3n) is 6.63. The maximum Gasteiger partial charge on any atom is 0.246 e. The Labute approximate surface area is 205 Å². The number of rotatable bonds is 6. The molecule has 2 heterocycles. The molecule has 4 rings (SSSR count). The Kier molecular flexibility index (Phi) is 7.05. The zero-order valence-electron chi connectivity index (χ0n) is 20.6. The highest BCUT2D eigenvalue weighted by Gasteiger charge is 2.41. The Hall–Kier alpha value is -2.77. The number of hydrogen-bond acceptors (Lipinski definition) is 5. The van der Waals surface area contributed by atoms with E-state index in [1.165, 1.54) is 10.8 Å². The van der Waals surface area contributed by atoms with Gasteiger partial charge in [-0.3, -0.25) is 9.59 Å². The lowest BCUT2D eigenvalue weighted by Crippen LogP contribution is -2.57. The van der Waals surface area contributed by atoms with E-state index in [1.54, 1.807) is 25.3 Å². The molecule has 0 spiro atoms. The molecule has 0 radical (unpaired) electrons. The maximum absolute atomic E-state index is 13.7. The number of thiazole rings is 1.